The van der Waals surface area contributed by atoms with Crippen molar-refractivity contribution in [3.05, 3.63) is 83.9 Å². The Kier molecular flexibility index (Phi) is 3.98. The highest BCUT2D eigenvalue weighted by Gasteiger charge is 2.21. The molecule has 0 aliphatic carbocycles. The molecule has 3 heteroatoms. The third-order valence-corrected chi connectivity index (χ3v) is 4.57. The van der Waals surface area contributed by atoms with Gasteiger partial charge < -0.3 is 10.2 Å². The molecule has 0 spiro atoms. The first-order chi connectivity index (χ1) is 12.2. The van der Waals surface area contributed by atoms with Crippen LogP contribution in [0.2, 0.25) is 0 Å². The van der Waals surface area contributed by atoms with Crippen LogP contribution in [-0.2, 0) is 17.6 Å². The number of rotatable bonds is 2. The number of amides is 1. The number of aryl methyl sites for hydroxylation is 2. The van der Waals surface area contributed by atoms with E-state index >= 15 is 0 Å². The van der Waals surface area contributed by atoms with Crippen LogP contribution in [-0.4, -0.2) is 5.91 Å². The molecule has 1 heterocycles. The fraction of sp³-hybridized carbons (Fsp3) is 0.136. The number of nitrogens with zero attached hydrogens (tertiary/aromatic N) is 1. The molecule has 0 bridgehead atoms. The lowest BCUT2D eigenvalue weighted by atomic mass is 10.0. The van der Waals surface area contributed by atoms with Gasteiger partial charge in [0, 0.05) is 29.7 Å². The van der Waals surface area contributed by atoms with Gasteiger partial charge in [-0.15, -0.1) is 0 Å². The summed E-state index contributed by atoms with van der Waals surface area (Å²) in [5.74, 6) is -0.0572. The lowest BCUT2D eigenvalue weighted by molar-refractivity contribution is -0.114. The maximum absolute atomic E-state index is 11.3. The summed E-state index contributed by atoms with van der Waals surface area (Å²) in [5, 5.41) is 2.83. The topological polar surface area (TPSA) is 32.3 Å². The molecule has 0 saturated carbocycles. The average molecular weight is 328 g/mol. The summed E-state index contributed by atoms with van der Waals surface area (Å²) in [5.41, 5.74) is 7.05. The lowest BCUT2D eigenvalue weighted by Crippen LogP contribution is -2.12. The minimum atomic E-state index is -0.0572. The van der Waals surface area contributed by atoms with Crippen molar-refractivity contribution in [2.24, 2.45) is 0 Å². The van der Waals surface area contributed by atoms with Crippen molar-refractivity contribution in [3.63, 3.8) is 0 Å². The first kappa shape index (κ1) is 15.5. The van der Waals surface area contributed by atoms with E-state index in [1.807, 2.05) is 12.1 Å². The smallest absolute Gasteiger partial charge is 0.221 e. The summed E-state index contributed by atoms with van der Waals surface area (Å²) >= 11 is 0. The lowest BCUT2D eigenvalue weighted by Gasteiger charge is -2.27. The Labute approximate surface area is 147 Å². The highest BCUT2D eigenvalue weighted by atomic mass is 16.1. The van der Waals surface area contributed by atoms with E-state index in [0.29, 0.717) is 0 Å². The van der Waals surface area contributed by atoms with E-state index in [4.69, 9.17) is 0 Å². The quantitative estimate of drug-likeness (QED) is 0.700. The standard InChI is InChI=1S/C22H20N2O/c1-16(25)23-19-12-14-20(15-13-19)24-21-8-4-2-6-17(21)10-11-18-7-3-5-9-22(18)24/h2-9,12-15H,10-11H2,1H3,(H,23,25). The van der Waals surface area contributed by atoms with Crippen molar-refractivity contribution in [2.75, 3.05) is 10.2 Å². The number of fused-ring (bicyclic) bond motifs is 2. The number of carbonyl (C=O) groups is 1. The van der Waals surface area contributed by atoms with Crippen LogP contribution in [0.5, 0.6) is 0 Å². The molecule has 25 heavy (non-hydrogen) atoms. The molecule has 0 aromatic heterocycles. The normalized spacial score (nSPS) is 12.8. The molecule has 0 unspecified atom stereocenters. The van der Waals surface area contributed by atoms with Crippen LogP contribution >= 0.6 is 0 Å². The van der Waals surface area contributed by atoms with Crippen LogP contribution in [0.15, 0.2) is 72.8 Å². The van der Waals surface area contributed by atoms with E-state index in [0.717, 1.165) is 24.2 Å². The number of para-hydroxylation sites is 2. The van der Waals surface area contributed by atoms with E-state index in [9.17, 15) is 4.79 Å². The van der Waals surface area contributed by atoms with Crippen LogP contribution in [0.25, 0.3) is 0 Å². The second-order valence-corrected chi connectivity index (χ2v) is 6.32. The number of hydrogen-bond donors (Lipinski definition) is 1. The molecule has 0 radical (unpaired) electrons. The Morgan fingerprint density at radius 2 is 1.32 bits per heavy atom. The van der Waals surface area contributed by atoms with Crippen LogP contribution in [0, 0.1) is 0 Å². The molecular weight excluding hydrogens is 308 g/mol. The molecule has 0 fully saturated rings. The number of carbonyl (C=O) groups excluding carboxylic acids is 1. The second-order valence-electron chi connectivity index (χ2n) is 6.32. The molecule has 1 aliphatic heterocycles. The summed E-state index contributed by atoms with van der Waals surface area (Å²) in [6.07, 6.45) is 2.07. The van der Waals surface area contributed by atoms with Gasteiger partial charge in [-0.2, -0.15) is 0 Å². The van der Waals surface area contributed by atoms with Crippen LogP contribution < -0.4 is 10.2 Å². The molecule has 4 rings (SSSR count). The van der Waals surface area contributed by atoms with Crippen LogP contribution in [0.3, 0.4) is 0 Å². The van der Waals surface area contributed by atoms with Gasteiger partial charge in [0.25, 0.3) is 0 Å². The third kappa shape index (κ3) is 3.01. The maximum atomic E-state index is 11.3. The van der Waals surface area contributed by atoms with E-state index in [1.54, 1.807) is 0 Å². The van der Waals surface area contributed by atoms with Gasteiger partial charge in [-0.3, -0.25) is 4.79 Å². The molecule has 1 aliphatic rings. The van der Waals surface area contributed by atoms with Crippen molar-refractivity contribution in [3.8, 4) is 0 Å². The molecule has 3 aromatic rings. The fourth-order valence-corrected chi connectivity index (χ4v) is 3.46. The highest BCUT2D eigenvalue weighted by molar-refractivity contribution is 5.89. The summed E-state index contributed by atoms with van der Waals surface area (Å²) < 4.78 is 0. The average Bonchev–Trinajstić information content (AvgIpc) is 2.79. The molecule has 1 amide bonds. The SMILES string of the molecule is CC(=O)Nc1ccc(N2c3ccccc3CCc3ccccc32)cc1. The van der Waals surface area contributed by atoms with E-state index in [1.165, 1.54) is 29.4 Å². The van der Waals surface area contributed by atoms with Gasteiger partial charge in [0.1, 0.15) is 0 Å². The van der Waals surface area contributed by atoms with Gasteiger partial charge in [-0.25, -0.2) is 0 Å². The van der Waals surface area contributed by atoms with Gasteiger partial charge in [0.05, 0.1) is 0 Å². The Balaban J connectivity index is 1.84. The summed E-state index contributed by atoms with van der Waals surface area (Å²) in [4.78, 5) is 13.6. The Morgan fingerprint density at radius 3 is 1.84 bits per heavy atom. The highest BCUT2D eigenvalue weighted by Crippen LogP contribution is 2.41. The van der Waals surface area contributed by atoms with Gasteiger partial charge in [-0.05, 0) is 60.4 Å². The number of hydrogen-bond acceptors (Lipinski definition) is 2. The molecule has 3 aromatic carbocycles. The second kappa shape index (κ2) is 6.44. The zero-order valence-corrected chi connectivity index (χ0v) is 14.2. The summed E-state index contributed by atoms with van der Waals surface area (Å²) in [6, 6.07) is 25.2. The van der Waals surface area contributed by atoms with Gasteiger partial charge in [-0.1, -0.05) is 36.4 Å². The molecule has 0 atom stereocenters. The van der Waals surface area contributed by atoms with E-state index in [-0.39, 0.29) is 5.91 Å². The largest absolute Gasteiger partial charge is 0.326 e. The van der Waals surface area contributed by atoms with Gasteiger partial charge in [0.15, 0.2) is 0 Å². The molecule has 0 saturated heterocycles. The minimum Gasteiger partial charge on any atom is -0.326 e. The monoisotopic (exact) mass is 328 g/mol. The Bertz CT molecular complexity index is 868. The van der Waals surface area contributed by atoms with Crippen molar-refractivity contribution in [1.82, 2.24) is 0 Å². The van der Waals surface area contributed by atoms with Crippen molar-refractivity contribution in [1.29, 1.82) is 0 Å². The number of nitrogens with one attached hydrogen (secondary N) is 1. The Hall–Kier alpha value is -3.07. The number of benzene rings is 3. The molecular formula is C22H20N2O. The van der Waals surface area contributed by atoms with Crippen molar-refractivity contribution >= 4 is 28.7 Å². The maximum Gasteiger partial charge on any atom is 0.221 e. The minimum absolute atomic E-state index is 0.0572. The molecule has 3 nitrogen and oxygen atoms in total. The van der Waals surface area contributed by atoms with Crippen molar-refractivity contribution < 1.29 is 4.79 Å². The Morgan fingerprint density at radius 1 is 0.800 bits per heavy atom. The zero-order valence-electron chi connectivity index (χ0n) is 14.2. The third-order valence-electron chi connectivity index (χ3n) is 4.57. The van der Waals surface area contributed by atoms with Crippen LogP contribution in [0.4, 0.5) is 22.7 Å². The van der Waals surface area contributed by atoms with Crippen molar-refractivity contribution in [2.45, 2.75) is 19.8 Å². The zero-order chi connectivity index (χ0) is 17.2. The van der Waals surface area contributed by atoms with E-state index in [2.05, 4.69) is 70.9 Å². The van der Waals surface area contributed by atoms with Gasteiger partial charge in [0.2, 0.25) is 5.91 Å². The van der Waals surface area contributed by atoms with Crippen LogP contribution in [0.1, 0.15) is 18.1 Å². The fourth-order valence-electron chi connectivity index (χ4n) is 3.46. The summed E-state index contributed by atoms with van der Waals surface area (Å²) in [7, 11) is 0. The summed E-state index contributed by atoms with van der Waals surface area (Å²) in [6.45, 7) is 1.52. The van der Waals surface area contributed by atoms with E-state index < -0.39 is 0 Å². The predicted molar refractivity (Wildman–Crippen MR) is 103 cm³/mol. The predicted octanol–water partition coefficient (Wildman–Crippen LogP) is 5.21. The first-order valence-corrected chi connectivity index (χ1v) is 8.56. The molecule has 124 valence electrons. The molecule has 1 N–H and O–H groups in total. The van der Waals surface area contributed by atoms with Gasteiger partial charge >= 0.3 is 0 Å². The first-order valence-electron chi connectivity index (χ1n) is 8.56. The number of anilines is 4.